The van der Waals surface area contributed by atoms with Gasteiger partial charge in [0, 0.05) is 17.7 Å². The van der Waals surface area contributed by atoms with Gasteiger partial charge >= 0.3 is 6.09 Å². The van der Waals surface area contributed by atoms with Gasteiger partial charge in [0.05, 0.1) is 6.20 Å². The predicted molar refractivity (Wildman–Crippen MR) is 143 cm³/mol. The van der Waals surface area contributed by atoms with Crippen molar-refractivity contribution in [3.05, 3.63) is 138 Å². The SMILES string of the molecule is O=C(NCc1cn(OCc2ccccc2)nc1-c1ccc(-c2ccccc2)cc1)OCc1ccccc1. The Morgan fingerprint density at radius 2 is 1.22 bits per heavy atom. The van der Waals surface area contributed by atoms with E-state index in [1.54, 1.807) is 6.20 Å². The van der Waals surface area contributed by atoms with Gasteiger partial charge in [-0.25, -0.2) is 4.79 Å². The minimum Gasteiger partial charge on any atom is -0.445 e. The third-order valence-electron chi connectivity index (χ3n) is 5.88. The monoisotopic (exact) mass is 489 g/mol. The van der Waals surface area contributed by atoms with Crippen molar-refractivity contribution in [2.24, 2.45) is 0 Å². The van der Waals surface area contributed by atoms with Gasteiger partial charge in [-0.1, -0.05) is 115 Å². The molecule has 0 unspecified atom stereocenters. The highest BCUT2D eigenvalue weighted by atomic mass is 16.7. The Kier molecular flexibility index (Phi) is 7.57. The average molecular weight is 490 g/mol. The molecule has 0 radical (unpaired) electrons. The first kappa shape index (κ1) is 23.9. The van der Waals surface area contributed by atoms with Crippen LogP contribution in [0.1, 0.15) is 16.7 Å². The molecule has 0 saturated carbocycles. The summed E-state index contributed by atoms with van der Waals surface area (Å²) in [4.78, 5) is 19.7. The molecule has 4 aromatic carbocycles. The number of hydrogen-bond donors (Lipinski definition) is 1. The lowest BCUT2D eigenvalue weighted by atomic mass is 10.0. The second-order valence-corrected chi connectivity index (χ2v) is 8.52. The topological polar surface area (TPSA) is 65.4 Å². The van der Waals surface area contributed by atoms with E-state index in [0.29, 0.717) is 6.61 Å². The molecule has 184 valence electrons. The summed E-state index contributed by atoms with van der Waals surface area (Å²) in [6.07, 6.45) is 1.30. The Labute approximate surface area is 216 Å². The first-order valence-electron chi connectivity index (χ1n) is 12.1. The summed E-state index contributed by atoms with van der Waals surface area (Å²) in [5.74, 6) is 0. The summed E-state index contributed by atoms with van der Waals surface area (Å²) < 4.78 is 5.36. The van der Waals surface area contributed by atoms with Crippen molar-refractivity contribution in [3.63, 3.8) is 0 Å². The second kappa shape index (κ2) is 11.7. The fraction of sp³-hybridized carbons (Fsp3) is 0.0968. The number of hydrogen-bond acceptors (Lipinski definition) is 4. The van der Waals surface area contributed by atoms with Crippen molar-refractivity contribution in [1.29, 1.82) is 0 Å². The van der Waals surface area contributed by atoms with E-state index in [1.807, 2.05) is 91.0 Å². The number of nitrogens with zero attached hydrogens (tertiary/aromatic N) is 2. The number of carbonyl (C=O) groups excluding carboxylic acids is 1. The molecule has 0 fully saturated rings. The van der Waals surface area contributed by atoms with Crippen LogP contribution in [0.3, 0.4) is 0 Å². The number of alkyl carbamates (subject to hydrolysis) is 1. The molecule has 6 heteroatoms. The first-order chi connectivity index (χ1) is 18.2. The van der Waals surface area contributed by atoms with E-state index in [1.165, 1.54) is 4.85 Å². The van der Waals surface area contributed by atoms with Gasteiger partial charge in [-0.15, -0.1) is 9.94 Å². The standard InChI is InChI=1S/C31H27N3O3/c35-31(36-22-24-10-4-1-5-11-24)32-20-29-21-34(37-23-25-12-6-2-7-13-25)33-30(29)28-18-16-27(17-19-28)26-14-8-3-9-15-26/h1-19,21H,20,22-23H2,(H,32,35). The summed E-state index contributed by atoms with van der Waals surface area (Å²) in [6.45, 7) is 0.832. The molecule has 0 spiro atoms. The Bertz CT molecular complexity index is 1420. The van der Waals surface area contributed by atoms with Crippen LogP contribution in [0.4, 0.5) is 4.79 Å². The van der Waals surface area contributed by atoms with Crippen LogP contribution < -0.4 is 10.2 Å². The average Bonchev–Trinajstić information content (AvgIpc) is 3.38. The lowest BCUT2D eigenvalue weighted by molar-refractivity contribution is 0.0703. The van der Waals surface area contributed by atoms with E-state index in [2.05, 4.69) is 34.7 Å². The summed E-state index contributed by atoms with van der Waals surface area (Å²) >= 11 is 0. The van der Waals surface area contributed by atoms with Crippen molar-refractivity contribution >= 4 is 6.09 Å². The Morgan fingerprint density at radius 3 is 1.86 bits per heavy atom. The fourth-order valence-corrected chi connectivity index (χ4v) is 3.93. The molecule has 1 aromatic heterocycles. The minimum absolute atomic E-state index is 0.208. The van der Waals surface area contributed by atoms with Gasteiger partial charge in [-0.05, 0) is 22.3 Å². The van der Waals surface area contributed by atoms with Crippen molar-refractivity contribution in [1.82, 2.24) is 15.3 Å². The molecule has 1 heterocycles. The molecule has 0 aliphatic heterocycles. The van der Waals surface area contributed by atoms with Crippen LogP contribution in [-0.4, -0.2) is 16.0 Å². The summed E-state index contributed by atoms with van der Waals surface area (Å²) in [5, 5.41) is 7.51. The zero-order valence-electron chi connectivity index (χ0n) is 20.3. The number of nitrogens with one attached hydrogen (secondary N) is 1. The van der Waals surface area contributed by atoms with Gasteiger partial charge < -0.3 is 14.9 Å². The molecule has 0 atom stereocenters. The van der Waals surface area contributed by atoms with Crippen molar-refractivity contribution < 1.29 is 14.4 Å². The molecule has 37 heavy (non-hydrogen) atoms. The molecule has 5 aromatic rings. The lowest BCUT2D eigenvalue weighted by Gasteiger charge is -2.08. The molecule has 1 N–H and O–H groups in total. The van der Waals surface area contributed by atoms with Gasteiger partial charge in [-0.2, -0.15) is 0 Å². The van der Waals surface area contributed by atoms with E-state index in [4.69, 9.17) is 9.57 Å². The Hall–Kier alpha value is -4.84. The quantitative estimate of drug-likeness (QED) is 0.265. The summed E-state index contributed by atoms with van der Waals surface area (Å²) in [5.41, 5.74) is 6.71. The number of carbonyl (C=O) groups is 1. The summed E-state index contributed by atoms with van der Waals surface area (Å²) in [7, 11) is 0. The highest BCUT2D eigenvalue weighted by Gasteiger charge is 2.14. The molecular weight excluding hydrogens is 462 g/mol. The van der Waals surface area contributed by atoms with Gasteiger partial charge in [0.1, 0.15) is 18.9 Å². The van der Waals surface area contributed by atoms with E-state index < -0.39 is 6.09 Å². The van der Waals surface area contributed by atoms with Crippen LogP contribution in [0.2, 0.25) is 0 Å². The van der Waals surface area contributed by atoms with Gasteiger partial charge in [-0.3, -0.25) is 0 Å². The van der Waals surface area contributed by atoms with Crippen LogP contribution in [0.25, 0.3) is 22.4 Å². The van der Waals surface area contributed by atoms with Crippen molar-refractivity contribution in [2.45, 2.75) is 19.8 Å². The van der Waals surface area contributed by atoms with E-state index in [9.17, 15) is 4.79 Å². The van der Waals surface area contributed by atoms with E-state index in [-0.39, 0.29) is 13.2 Å². The highest BCUT2D eigenvalue weighted by Crippen LogP contribution is 2.26. The zero-order chi connectivity index (χ0) is 25.3. The normalized spacial score (nSPS) is 10.6. The largest absolute Gasteiger partial charge is 0.445 e. The third kappa shape index (κ3) is 6.44. The number of aromatic nitrogens is 2. The number of amides is 1. The van der Waals surface area contributed by atoms with Gasteiger partial charge in [0.2, 0.25) is 0 Å². The van der Waals surface area contributed by atoms with E-state index >= 15 is 0 Å². The van der Waals surface area contributed by atoms with Crippen LogP contribution in [0, 0.1) is 0 Å². The van der Waals surface area contributed by atoms with Crippen LogP contribution in [0.5, 0.6) is 0 Å². The summed E-state index contributed by atoms with van der Waals surface area (Å²) in [6, 6.07) is 37.9. The molecule has 6 nitrogen and oxygen atoms in total. The van der Waals surface area contributed by atoms with Crippen LogP contribution in [-0.2, 0) is 24.5 Å². The maximum absolute atomic E-state index is 12.4. The van der Waals surface area contributed by atoms with E-state index in [0.717, 1.165) is 39.1 Å². The van der Waals surface area contributed by atoms with Crippen molar-refractivity contribution in [3.8, 4) is 22.4 Å². The van der Waals surface area contributed by atoms with Crippen LogP contribution in [0.15, 0.2) is 121 Å². The second-order valence-electron chi connectivity index (χ2n) is 8.52. The zero-order valence-corrected chi connectivity index (χ0v) is 20.3. The molecular formula is C31H27N3O3. The predicted octanol–water partition coefficient (Wildman–Crippen LogP) is 6.27. The van der Waals surface area contributed by atoms with Crippen molar-refractivity contribution in [2.75, 3.05) is 0 Å². The van der Waals surface area contributed by atoms with Gasteiger partial charge in [0.15, 0.2) is 0 Å². The number of ether oxygens (including phenoxy) is 1. The Balaban J connectivity index is 1.31. The maximum Gasteiger partial charge on any atom is 0.407 e. The molecule has 0 bridgehead atoms. The number of rotatable bonds is 9. The number of benzene rings is 4. The van der Waals surface area contributed by atoms with Crippen LogP contribution >= 0.6 is 0 Å². The molecule has 0 saturated heterocycles. The fourth-order valence-electron chi connectivity index (χ4n) is 3.93. The smallest absolute Gasteiger partial charge is 0.407 e. The first-order valence-corrected chi connectivity index (χ1v) is 12.1. The third-order valence-corrected chi connectivity index (χ3v) is 5.88. The highest BCUT2D eigenvalue weighted by molar-refractivity contribution is 5.71. The molecule has 1 amide bonds. The molecule has 5 rings (SSSR count). The maximum atomic E-state index is 12.4. The lowest BCUT2D eigenvalue weighted by Crippen LogP contribution is -2.23. The molecule has 0 aliphatic rings. The molecule has 0 aliphatic carbocycles. The van der Waals surface area contributed by atoms with Gasteiger partial charge in [0.25, 0.3) is 0 Å². The minimum atomic E-state index is -0.493. The Morgan fingerprint density at radius 1 is 0.676 bits per heavy atom.